The molecule has 0 aliphatic carbocycles. The number of carbonyl (C=O) groups is 1. The molecule has 5 nitrogen and oxygen atoms in total. The zero-order valence-electron chi connectivity index (χ0n) is 10.6. The Kier molecular flexibility index (Phi) is 3.85. The second-order valence-corrected chi connectivity index (χ2v) is 5.27. The Hall–Kier alpha value is -1.83. The lowest BCUT2D eigenvalue weighted by molar-refractivity contribution is 0.0688. The molecule has 0 aliphatic rings. The van der Waals surface area contributed by atoms with Gasteiger partial charge in [-0.2, -0.15) is 0 Å². The number of hydrogen-bond donors (Lipinski definition) is 1. The van der Waals surface area contributed by atoms with E-state index >= 15 is 0 Å². The van der Waals surface area contributed by atoms with E-state index < -0.39 is 17.6 Å². The first-order valence-corrected chi connectivity index (χ1v) is 6.46. The van der Waals surface area contributed by atoms with Crippen LogP contribution in [0.25, 0.3) is 5.69 Å². The van der Waals surface area contributed by atoms with Crippen LogP contribution in [0.1, 0.15) is 35.9 Å². The highest BCUT2D eigenvalue weighted by molar-refractivity contribution is 9.10. The van der Waals surface area contributed by atoms with Gasteiger partial charge < -0.3 is 5.11 Å². The number of aromatic nitrogens is 3. The van der Waals surface area contributed by atoms with E-state index in [1.165, 1.54) is 0 Å². The maximum absolute atomic E-state index is 13.9. The van der Waals surface area contributed by atoms with Crippen molar-refractivity contribution in [1.82, 2.24) is 15.0 Å². The Morgan fingerprint density at radius 1 is 1.35 bits per heavy atom. The number of hydrogen-bond acceptors (Lipinski definition) is 3. The molecule has 1 heterocycles. The second-order valence-electron chi connectivity index (χ2n) is 4.41. The van der Waals surface area contributed by atoms with Crippen LogP contribution in [0.4, 0.5) is 8.78 Å². The van der Waals surface area contributed by atoms with Gasteiger partial charge in [0.2, 0.25) is 0 Å². The molecule has 20 heavy (non-hydrogen) atoms. The van der Waals surface area contributed by atoms with E-state index in [0.717, 1.165) is 16.8 Å². The standard InChI is InChI=1S/C12H10BrF2N3O2/c1-5(2)11-10(12(19)20)16-17-18(11)9-4-7(14)6(13)3-8(9)15/h3-5H,1-2H3,(H,19,20). The van der Waals surface area contributed by atoms with Gasteiger partial charge in [-0.25, -0.2) is 18.3 Å². The first-order valence-electron chi connectivity index (χ1n) is 5.66. The number of halogens is 3. The topological polar surface area (TPSA) is 68.0 Å². The molecule has 0 spiro atoms. The SMILES string of the molecule is CC(C)c1c(C(=O)O)nnn1-c1cc(F)c(Br)cc1F. The fourth-order valence-electron chi connectivity index (χ4n) is 1.81. The quantitative estimate of drug-likeness (QED) is 0.867. The van der Waals surface area contributed by atoms with Crippen LogP contribution < -0.4 is 0 Å². The van der Waals surface area contributed by atoms with Crippen molar-refractivity contribution in [2.75, 3.05) is 0 Å². The number of rotatable bonds is 3. The van der Waals surface area contributed by atoms with Gasteiger partial charge in [-0.15, -0.1) is 5.10 Å². The summed E-state index contributed by atoms with van der Waals surface area (Å²) in [6.07, 6.45) is 0. The number of benzene rings is 1. The molecule has 1 aromatic heterocycles. The Bertz CT molecular complexity index is 686. The van der Waals surface area contributed by atoms with E-state index in [0.29, 0.717) is 0 Å². The van der Waals surface area contributed by atoms with Crippen molar-refractivity contribution in [3.05, 3.63) is 39.6 Å². The maximum Gasteiger partial charge on any atom is 0.358 e. The fourth-order valence-corrected chi connectivity index (χ4v) is 2.13. The minimum absolute atomic E-state index is 0.0246. The highest BCUT2D eigenvalue weighted by Crippen LogP contribution is 2.26. The predicted molar refractivity (Wildman–Crippen MR) is 70.0 cm³/mol. The molecule has 0 aliphatic heterocycles. The summed E-state index contributed by atoms with van der Waals surface area (Å²) in [5.74, 6) is -2.95. The van der Waals surface area contributed by atoms with E-state index in [1.54, 1.807) is 13.8 Å². The van der Waals surface area contributed by atoms with E-state index in [4.69, 9.17) is 5.11 Å². The van der Waals surface area contributed by atoms with Crippen LogP contribution in [-0.4, -0.2) is 26.1 Å². The van der Waals surface area contributed by atoms with Crippen molar-refractivity contribution in [3.8, 4) is 5.69 Å². The van der Waals surface area contributed by atoms with Gasteiger partial charge >= 0.3 is 5.97 Å². The van der Waals surface area contributed by atoms with Gasteiger partial charge in [0.25, 0.3) is 0 Å². The van der Waals surface area contributed by atoms with Crippen molar-refractivity contribution >= 4 is 21.9 Å². The van der Waals surface area contributed by atoms with Crippen molar-refractivity contribution in [3.63, 3.8) is 0 Å². The molecule has 0 radical (unpaired) electrons. The molecule has 2 rings (SSSR count). The second kappa shape index (κ2) is 5.28. The molecule has 0 unspecified atom stereocenters. The lowest BCUT2D eigenvalue weighted by Gasteiger charge is -2.11. The van der Waals surface area contributed by atoms with Crippen LogP contribution in [-0.2, 0) is 0 Å². The number of nitrogens with zero attached hydrogens (tertiary/aromatic N) is 3. The third-order valence-corrected chi connectivity index (χ3v) is 3.28. The van der Waals surface area contributed by atoms with E-state index in [-0.39, 0.29) is 27.5 Å². The van der Waals surface area contributed by atoms with Gasteiger partial charge in [-0.05, 0) is 27.9 Å². The Balaban J connectivity index is 2.70. The largest absolute Gasteiger partial charge is 0.476 e. The molecule has 0 fully saturated rings. The van der Waals surface area contributed by atoms with Crippen molar-refractivity contribution in [2.45, 2.75) is 19.8 Å². The minimum atomic E-state index is -1.27. The van der Waals surface area contributed by atoms with Gasteiger partial charge in [0.05, 0.1) is 10.2 Å². The summed E-state index contributed by atoms with van der Waals surface area (Å²) in [5.41, 5.74) is -0.254. The van der Waals surface area contributed by atoms with Crippen LogP contribution in [0.3, 0.4) is 0 Å². The monoisotopic (exact) mass is 345 g/mol. The van der Waals surface area contributed by atoms with E-state index in [9.17, 15) is 13.6 Å². The third-order valence-electron chi connectivity index (χ3n) is 2.67. The molecular weight excluding hydrogens is 336 g/mol. The van der Waals surface area contributed by atoms with Crippen molar-refractivity contribution in [1.29, 1.82) is 0 Å². The lowest BCUT2D eigenvalue weighted by Crippen LogP contribution is -2.10. The molecule has 0 bridgehead atoms. The molecule has 0 amide bonds. The number of carboxylic acids is 1. The molecule has 1 aromatic carbocycles. The zero-order chi connectivity index (χ0) is 15.0. The van der Waals surface area contributed by atoms with Crippen LogP contribution in [0.2, 0.25) is 0 Å². The summed E-state index contributed by atoms with van der Waals surface area (Å²) in [6.45, 7) is 3.43. The maximum atomic E-state index is 13.9. The molecule has 2 aromatic rings. The summed E-state index contributed by atoms with van der Waals surface area (Å²) in [4.78, 5) is 11.1. The molecule has 1 N–H and O–H groups in total. The lowest BCUT2D eigenvalue weighted by atomic mass is 10.1. The minimum Gasteiger partial charge on any atom is -0.476 e. The van der Waals surface area contributed by atoms with Gasteiger partial charge in [0.15, 0.2) is 5.69 Å². The molecule has 0 saturated heterocycles. The molecule has 8 heteroatoms. The van der Waals surface area contributed by atoms with Crippen LogP contribution in [0.15, 0.2) is 16.6 Å². The van der Waals surface area contributed by atoms with E-state index in [2.05, 4.69) is 26.2 Å². The van der Waals surface area contributed by atoms with E-state index in [1.807, 2.05) is 0 Å². The van der Waals surface area contributed by atoms with Crippen LogP contribution in [0, 0.1) is 11.6 Å². The number of carboxylic acid groups (broad SMARTS) is 1. The summed E-state index contributed by atoms with van der Waals surface area (Å²) < 4.78 is 28.5. The predicted octanol–water partition coefficient (Wildman–Crippen LogP) is 3.13. The van der Waals surface area contributed by atoms with Crippen molar-refractivity contribution < 1.29 is 18.7 Å². The van der Waals surface area contributed by atoms with Gasteiger partial charge in [-0.3, -0.25) is 0 Å². The molecular formula is C12H10BrF2N3O2. The summed E-state index contributed by atoms with van der Waals surface area (Å²) in [7, 11) is 0. The number of aromatic carboxylic acids is 1. The average molecular weight is 346 g/mol. The van der Waals surface area contributed by atoms with Crippen LogP contribution >= 0.6 is 15.9 Å². The Labute approximate surface area is 121 Å². The summed E-state index contributed by atoms with van der Waals surface area (Å²) in [5, 5.41) is 16.2. The molecule has 0 saturated carbocycles. The first kappa shape index (κ1) is 14.6. The summed E-state index contributed by atoms with van der Waals surface area (Å²) >= 11 is 2.87. The smallest absolute Gasteiger partial charge is 0.358 e. The van der Waals surface area contributed by atoms with Gasteiger partial charge in [0.1, 0.15) is 17.3 Å². The fraction of sp³-hybridized carbons (Fsp3) is 0.250. The zero-order valence-corrected chi connectivity index (χ0v) is 12.1. The first-order chi connectivity index (χ1) is 9.32. The van der Waals surface area contributed by atoms with Crippen molar-refractivity contribution in [2.24, 2.45) is 0 Å². The average Bonchev–Trinajstić information content (AvgIpc) is 2.78. The normalized spacial score (nSPS) is 11.1. The van der Waals surface area contributed by atoms with Crippen LogP contribution in [0.5, 0.6) is 0 Å². The third kappa shape index (κ3) is 2.43. The molecule has 0 atom stereocenters. The Morgan fingerprint density at radius 2 is 2.00 bits per heavy atom. The highest BCUT2D eigenvalue weighted by Gasteiger charge is 2.24. The highest BCUT2D eigenvalue weighted by atomic mass is 79.9. The molecule has 106 valence electrons. The van der Waals surface area contributed by atoms with Gasteiger partial charge in [0, 0.05) is 6.07 Å². The summed E-state index contributed by atoms with van der Waals surface area (Å²) in [6, 6.07) is 1.89. The Morgan fingerprint density at radius 3 is 2.55 bits per heavy atom. The van der Waals surface area contributed by atoms with Gasteiger partial charge in [-0.1, -0.05) is 19.1 Å².